The molecule has 1 aliphatic rings. The third-order valence-corrected chi connectivity index (χ3v) is 6.61. The minimum atomic E-state index is -0.303. The van der Waals surface area contributed by atoms with Crippen molar-refractivity contribution in [3.63, 3.8) is 0 Å². The zero-order valence-corrected chi connectivity index (χ0v) is 20.4. The standard InChI is InChI=1S/C27H35N3O3/c1-18(2)15-29-12-13-30(24(17-29)20-6-8-21(9-7-20)27(31)33-5)16-23-22-10-11-28-26(22)19(3)14-25(23)32-4/h6-11,14,18,24,28H,12-13,15-17H2,1-5H3. The third kappa shape index (κ3) is 4.92. The Kier molecular flexibility index (Phi) is 7.05. The van der Waals surface area contributed by atoms with Crippen LogP contribution < -0.4 is 4.74 Å². The molecule has 0 bridgehead atoms. The summed E-state index contributed by atoms with van der Waals surface area (Å²) in [6.07, 6.45) is 2.00. The summed E-state index contributed by atoms with van der Waals surface area (Å²) in [7, 11) is 3.17. The van der Waals surface area contributed by atoms with E-state index in [4.69, 9.17) is 9.47 Å². The number of rotatable bonds is 7. The molecule has 0 spiro atoms. The molecule has 6 heteroatoms. The number of benzene rings is 2. The van der Waals surface area contributed by atoms with E-state index in [0.29, 0.717) is 11.5 Å². The molecule has 3 aromatic rings. The van der Waals surface area contributed by atoms with Crippen molar-refractivity contribution in [2.24, 2.45) is 5.92 Å². The van der Waals surface area contributed by atoms with Crippen molar-refractivity contribution in [1.82, 2.24) is 14.8 Å². The van der Waals surface area contributed by atoms with E-state index >= 15 is 0 Å². The lowest BCUT2D eigenvalue weighted by Gasteiger charge is -2.42. The van der Waals surface area contributed by atoms with Crippen molar-refractivity contribution in [1.29, 1.82) is 0 Å². The van der Waals surface area contributed by atoms with Gasteiger partial charge in [0, 0.05) is 61.4 Å². The zero-order valence-electron chi connectivity index (χ0n) is 20.4. The number of hydrogen-bond donors (Lipinski definition) is 1. The molecular formula is C27H35N3O3. The second-order valence-electron chi connectivity index (χ2n) is 9.39. The normalized spacial score (nSPS) is 17.6. The number of H-pyrrole nitrogens is 1. The molecule has 176 valence electrons. The Balaban J connectivity index is 1.67. The molecule has 2 heterocycles. The smallest absolute Gasteiger partial charge is 0.337 e. The van der Waals surface area contributed by atoms with Crippen molar-refractivity contribution >= 4 is 16.9 Å². The van der Waals surface area contributed by atoms with Gasteiger partial charge in [-0.1, -0.05) is 26.0 Å². The van der Waals surface area contributed by atoms with E-state index in [0.717, 1.165) is 38.5 Å². The second kappa shape index (κ2) is 9.98. The first kappa shape index (κ1) is 23.3. The van der Waals surface area contributed by atoms with Gasteiger partial charge in [-0.3, -0.25) is 9.80 Å². The Bertz CT molecular complexity index is 1100. The number of carbonyl (C=O) groups is 1. The van der Waals surface area contributed by atoms with Crippen LogP contribution in [-0.4, -0.2) is 61.2 Å². The third-order valence-electron chi connectivity index (χ3n) is 6.61. The monoisotopic (exact) mass is 449 g/mol. The Labute approximate surface area is 196 Å². The highest BCUT2D eigenvalue weighted by atomic mass is 16.5. The minimum absolute atomic E-state index is 0.226. The van der Waals surface area contributed by atoms with Crippen LogP contribution in [0, 0.1) is 12.8 Å². The van der Waals surface area contributed by atoms with Gasteiger partial charge >= 0.3 is 5.97 Å². The van der Waals surface area contributed by atoms with E-state index in [1.165, 1.54) is 34.7 Å². The summed E-state index contributed by atoms with van der Waals surface area (Å²) in [5.41, 5.74) is 5.37. The maximum Gasteiger partial charge on any atom is 0.337 e. The largest absolute Gasteiger partial charge is 0.496 e. The van der Waals surface area contributed by atoms with Crippen LogP contribution in [0.2, 0.25) is 0 Å². The first-order valence-corrected chi connectivity index (χ1v) is 11.7. The number of aryl methyl sites for hydroxylation is 1. The average Bonchev–Trinajstić information content (AvgIpc) is 3.31. The first-order chi connectivity index (χ1) is 15.9. The number of carbonyl (C=O) groups excluding carboxylic acids is 1. The molecule has 1 aromatic heterocycles. The maximum absolute atomic E-state index is 11.9. The number of aromatic amines is 1. The van der Waals surface area contributed by atoms with Crippen LogP contribution in [0.1, 0.15) is 46.9 Å². The fourth-order valence-corrected chi connectivity index (χ4v) is 5.01. The first-order valence-electron chi connectivity index (χ1n) is 11.7. The van der Waals surface area contributed by atoms with E-state index in [2.05, 4.69) is 59.8 Å². The Hall–Kier alpha value is -2.83. The van der Waals surface area contributed by atoms with Gasteiger partial charge in [0.2, 0.25) is 0 Å². The molecule has 1 unspecified atom stereocenters. The highest BCUT2D eigenvalue weighted by Crippen LogP contribution is 2.35. The van der Waals surface area contributed by atoms with Gasteiger partial charge in [0.05, 0.1) is 19.8 Å². The number of nitrogens with zero attached hydrogens (tertiary/aromatic N) is 2. The zero-order chi connectivity index (χ0) is 23.5. The molecule has 0 saturated carbocycles. The summed E-state index contributed by atoms with van der Waals surface area (Å²) in [5, 5.41) is 1.22. The van der Waals surface area contributed by atoms with Crippen LogP contribution in [0.4, 0.5) is 0 Å². The molecule has 2 aromatic carbocycles. The van der Waals surface area contributed by atoms with Crippen LogP contribution >= 0.6 is 0 Å². The summed E-state index contributed by atoms with van der Waals surface area (Å²) >= 11 is 0. The quantitative estimate of drug-likeness (QED) is 0.526. The van der Waals surface area contributed by atoms with Crippen LogP contribution in [0.3, 0.4) is 0 Å². The molecule has 1 atom stereocenters. The fourth-order valence-electron chi connectivity index (χ4n) is 5.01. The molecule has 0 radical (unpaired) electrons. The van der Waals surface area contributed by atoms with E-state index in [-0.39, 0.29) is 12.0 Å². The molecule has 0 amide bonds. The van der Waals surface area contributed by atoms with Crippen molar-refractivity contribution in [3.05, 3.63) is 64.8 Å². The van der Waals surface area contributed by atoms with Gasteiger partial charge in [-0.25, -0.2) is 4.79 Å². The van der Waals surface area contributed by atoms with Crippen molar-refractivity contribution in [2.75, 3.05) is 40.4 Å². The molecule has 1 N–H and O–H groups in total. The molecule has 0 aliphatic carbocycles. The van der Waals surface area contributed by atoms with E-state index in [1.54, 1.807) is 7.11 Å². The number of aromatic nitrogens is 1. The van der Waals surface area contributed by atoms with Crippen molar-refractivity contribution in [2.45, 2.75) is 33.4 Å². The fraction of sp³-hybridized carbons (Fsp3) is 0.444. The number of nitrogens with one attached hydrogen (secondary N) is 1. The van der Waals surface area contributed by atoms with E-state index < -0.39 is 0 Å². The molecule has 33 heavy (non-hydrogen) atoms. The Morgan fingerprint density at radius 2 is 1.91 bits per heavy atom. The van der Waals surface area contributed by atoms with Gasteiger partial charge in [0.25, 0.3) is 0 Å². The number of esters is 1. The van der Waals surface area contributed by atoms with Gasteiger partial charge in [-0.2, -0.15) is 0 Å². The Morgan fingerprint density at radius 3 is 2.58 bits per heavy atom. The van der Waals surface area contributed by atoms with Crippen LogP contribution in [-0.2, 0) is 11.3 Å². The highest BCUT2D eigenvalue weighted by molar-refractivity contribution is 5.89. The molecule has 6 nitrogen and oxygen atoms in total. The van der Waals surface area contributed by atoms with E-state index in [1.807, 2.05) is 18.3 Å². The summed E-state index contributed by atoms with van der Waals surface area (Å²) in [6.45, 7) is 11.5. The predicted octanol–water partition coefficient (Wildman–Crippen LogP) is 4.79. The molecule has 1 saturated heterocycles. The predicted molar refractivity (Wildman–Crippen MR) is 132 cm³/mol. The molecule has 1 aliphatic heterocycles. The number of methoxy groups -OCH3 is 2. The summed E-state index contributed by atoms with van der Waals surface area (Å²) in [6, 6.07) is 12.4. The molecule has 4 rings (SSSR count). The van der Waals surface area contributed by atoms with Crippen molar-refractivity contribution < 1.29 is 14.3 Å². The SMILES string of the molecule is COC(=O)c1ccc(C2CN(CC(C)C)CCN2Cc2c(OC)cc(C)c3[nH]ccc23)cc1. The van der Waals surface area contributed by atoms with Gasteiger partial charge in [0.1, 0.15) is 5.75 Å². The summed E-state index contributed by atoms with van der Waals surface area (Å²) in [5.74, 6) is 1.25. The van der Waals surface area contributed by atoms with Crippen LogP contribution in [0.5, 0.6) is 5.75 Å². The summed E-state index contributed by atoms with van der Waals surface area (Å²) in [4.78, 5) is 20.4. The second-order valence-corrected chi connectivity index (χ2v) is 9.39. The lowest BCUT2D eigenvalue weighted by atomic mass is 9.98. The van der Waals surface area contributed by atoms with Crippen LogP contribution in [0.25, 0.3) is 10.9 Å². The minimum Gasteiger partial charge on any atom is -0.496 e. The highest BCUT2D eigenvalue weighted by Gasteiger charge is 2.30. The van der Waals surface area contributed by atoms with Gasteiger partial charge < -0.3 is 14.5 Å². The van der Waals surface area contributed by atoms with Crippen LogP contribution in [0.15, 0.2) is 42.6 Å². The van der Waals surface area contributed by atoms with Gasteiger partial charge in [-0.05, 0) is 48.2 Å². The topological polar surface area (TPSA) is 57.8 Å². The van der Waals surface area contributed by atoms with Gasteiger partial charge in [-0.15, -0.1) is 0 Å². The van der Waals surface area contributed by atoms with Crippen molar-refractivity contribution in [3.8, 4) is 5.75 Å². The Morgan fingerprint density at radius 1 is 1.15 bits per heavy atom. The average molecular weight is 450 g/mol. The number of hydrogen-bond acceptors (Lipinski definition) is 5. The van der Waals surface area contributed by atoms with Gasteiger partial charge in [0.15, 0.2) is 0 Å². The van der Waals surface area contributed by atoms with E-state index in [9.17, 15) is 4.79 Å². The lowest BCUT2D eigenvalue weighted by molar-refractivity contribution is 0.0595. The lowest BCUT2D eigenvalue weighted by Crippen LogP contribution is -2.48. The molecular weight excluding hydrogens is 414 g/mol. The maximum atomic E-state index is 11.9. The number of fused-ring (bicyclic) bond motifs is 1. The number of ether oxygens (including phenoxy) is 2. The summed E-state index contributed by atoms with van der Waals surface area (Å²) < 4.78 is 10.7. The molecule has 1 fully saturated rings. The number of piperazine rings is 1.